The molecule has 5 heteroatoms. The van der Waals surface area contributed by atoms with Crippen molar-refractivity contribution in [2.24, 2.45) is 17.3 Å². The first kappa shape index (κ1) is 21.1. The fourth-order valence-electron chi connectivity index (χ4n) is 3.45. The minimum absolute atomic E-state index is 0.0122. The Morgan fingerprint density at radius 2 is 1.67 bits per heavy atom. The third-order valence-electron chi connectivity index (χ3n) is 5.21. The molecule has 0 unspecified atom stereocenters. The van der Waals surface area contributed by atoms with Crippen LogP contribution < -0.4 is 0 Å². The van der Waals surface area contributed by atoms with Gasteiger partial charge in [0.05, 0.1) is 30.7 Å². The Labute approximate surface area is 145 Å². The number of aliphatic hydroxyl groups is 2. The highest BCUT2D eigenvalue weighted by atomic mass is 16.5. The number of cyclic esters (lactones) is 1. The first-order chi connectivity index (χ1) is 11.1. The van der Waals surface area contributed by atoms with Gasteiger partial charge in [0.2, 0.25) is 0 Å². The van der Waals surface area contributed by atoms with Crippen LogP contribution in [0.25, 0.3) is 0 Å². The number of rotatable bonds is 0. The van der Waals surface area contributed by atoms with Crippen LogP contribution in [-0.4, -0.2) is 40.8 Å². The highest BCUT2D eigenvalue weighted by Crippen LogP contribution is 2.31. The molecule has 140 valence electrons. The van der Waals surface area contributed by atoms with E-state index in [2.05, 4.69) is 6.92 Å². The molecule has 24 heavy (non-hydrogen) atoms. The molecule has 0 aromatic carbocycles. The van der Waals surface area contributed by atoms with Crippen LogP contribution in [0, 0.1) is 17.3 Å². The van der Waals surface area contributed by atoms with Crippen LogP contribution in [0.2, 0.25) is 0 Å². The number of esters is 1. The van der Waals surface area contributed by atoms with Gasteiger partial charge in [0, 0.05) is 5.92 Å². The molecule has 0 aromatic heterocycles. The van der Waals surface area contributed by atoms with Gasteiger partial charge in [-0.05, 0) is 31.6 Å². The summed E-state index contributed by atoms with van der Waals surface area (Å²) in [5.41, 5.74) is -0.967. The normalized spacial score (nSPS) is 34.6. The number of aliphatic hydroxyl groups excluding tert-OH is 2. The number of ketones is 1. The monoisotopic (exact) mass is 342 g/mol. The van der Waals surface area contributed by atoms with Gasteiger partial charge in [-0.3, -0.25) is 9.59 Å². The highest BCUT2D eigenvalue weighted by molar-refractivity contribution is 5.87. The van der Waals surface area contributed by atoms with Crippen LogP contribution in [0.4, 0.5) is 0 Å². The molecule has 1 fully saturated rings. The van der Waals surface area contributed by atoms with Crippen LogP contribution >= 0.6 is 0 Å². The van der Waals surface area contributed by atoms with Gasteiger partial charge in [-0.15, -0.1) is 0 Å². The van der Waals surface area contributed by atoms with E-state index in [1.54, 1.807) is 13.8 Å². The van der Waals surface area contributed by atoms with Crippen LogP contribution in [0.15, 0.2) is 0 Å². The van der Waals surface area contributed by atoms with Gasteiger partial charge in [-0.25, -0.2) is 0 Å². The highest BCUT2D eigenvalue weighted by Gasteiger charge is 2.39. The lowest BCUT2D eigenvalue weighted by molar-refractivity contribution is -0.150. The van der Waals surface area contributed by atoms with E-state index in [1.807, 2.05) is 6.92 Å². The van der Waals surface area contributed by atoms with Gasteiger partial charge < -0.3 is 14.9 Å². The maximum atomic E-state index is 12.7. The lowest BCUT2D eigenvalue weighted by atomic mass is 9.74. The molecule has 4 atom stereocenters. The first-order valence-corrected chi connectivity index (χ1v) is 9.20. The molecule has 1 aliphatic heterocycles. The van der Waals surface area contributed by atoms with Crippen LogP contribution in [0.1, 0.15) is 72.6 Å². The molecule has 1 aliphatic rings. The second-order valence-corrected chi connectivity index (χ2v) is 8.00. The number of hydrogen-bond acceptors (Lipinski definition) is 5. The summed E-state index contributed by atoms with van der Waals surface area (Å²) >= 11 is 0. The minimum atomic E-state index is -1.05. The molecule has 0 amide bonds. The Morgan fingerprint density at radius 3 is 2.33 bits per heavy atom. The molecule has 1 rings (SSSR count). The molecule has 0 aliphatic carbocycles. The van der Waals surface area contributed by atoms with E-state index >= 15 is 0 Å². The third kappa shape index (κ3) is 6.52. The average Bonchev–Trinajstić information content (AvgIpc) is 2.49. The molecular formula is C19H34O5. The zero-order valence-electron chi connectivity index (χ0n) is 15.6. The Kier molecular flexibility index (Phi) is 8.37. The Morgan fingerprint density at radius 1 is 1.04 bits per heavy atom. The third-order valence-corrected chi connectivity index (χ3v) is 5.21. The zero-order chi connectivity index (χ0) is 18.3. The molecule has 5 nitrogen and oxygen atoms in total. The molecule has 0 saturated carbocycles. The Hall–Kier alpha value is -0.940. The topological polar surface area (TPSA) is 83.8 Å². The summed E-state index contributed by atoms with van der Waals surface area (Å²) < 4.78 is 5.11. The van der Waals surface area contributed by atoms with Crippen LogP contribution in [0.5, 0.6) is 0 Å². The van der Waals surface area contributed by atoms with Crippen molar-refractivity contribution in [1.82, 2.24) is 0 Å². The van der Waals surface area contributed by atoms with Gasteiger partial charge in [-0.2, -0.15) is 0 Å². The van der Waals surface area contributed by atoms with Gasteiger partial charge in [0.1, 0.15) is 5.78 Å². The van der Waals surface area contributed by atoms with Crippen molar-refractivity contribution in [2.75, 3.05) is 6.61 Å². The Balaban J connectivity index is 2.80. The smallest absolute Gasteiger partial charge is 0.308 e. The summed E-state index contributed by atoms with van der Waals surface area (Å²) in [4.78, 5) is 24.6. The van der Waals surface area contributed by atoms with Crippen molar-refractivity contribution in [2.45, 2.75) is 84.8 Å². The molecule has 2 N–H and O–H groups in total. The molecule has 0 spiro atoms. The maximum absolute atomic E-state index is 12.7. The number of hydrogen-bond donors (Lipinski definition) is 2. The van der Waals surface area contributed by atoms with Crippen molar-refractivity contribution >= 4 is 11.8 Å². The number of ether oxygens (including phenoxy) is 1. The SMILES string of the molecule is C[C@H]1CCC[C@H](O)CCCOC(=O)C[C@H](O)C(C)(C)C(=O)[C@H](C)C1. The van der Waals surface area contributed by atoms with E-state index in [0.29, 0.717) is 18.8 Å². The second-order valence-electron chi connectivity index (χ2n) is 8.00. The number of carbonyl (C=O) groups excluding carboxylic acids is 2. The Bertz CT molecular complexity index is 418. The summed E-state index contributed by atoms with van der Waals surface area (Å²) in [5.74, 6) is -0.284. The summed E-state index contributed by atoms with van der Waals surface area (Å²) in [5, 5.41) is 20.3. The van der Waals surface area contributed by atoms with E-state index in [9.17, 15) is 19.8 Å². The van der Waals surface area contributed by atoms with Crippen LogP contribution in [-0.2, 0) is 14.3 Å². The van der Waals surface area contributed by atoms with Crippen molar-refractivity contribution in [3.8, 4) is 0 Å². The van der Waals surface area contributed by atoms with E-state index in [0.717, 1.165) is 25.7 Å². The van der Waals surface area contributed by atoms with Crippen LogP contribution in [0.3, 0.4) is 0 Å². The zero-order valence-corrected chi connectivity index (χ0v) is 15.6. The quantitative estimate of drug-likeness (QED) is 0.661. The summed E-state index contributed by atoms with van der Waals surface area (Å²) in [7, 11) is 0. The van der Waals surface area contributed by atoms with E-state index < -0.39 is 17.5 Å². The molecular weight excluding hydrogens is 308 g/mol. The summed E-state index contributed by atoms with van der Waals surface area (Å²) in [6.07, 6.45) is 3.04. The maximum Gasteiger partial charge on any atom is 0.308 e. The van der Waals surface area contributed by atoms with E-state index in [1.165, 1.54) is 0 Å². The predicted octanol–water partition coefficient (Wildman–Crippen LogP) is 2.86. The molecule has 0 bridgehead atoms. The van der Waals surface area contributed by atoms with Gasteiger partial charge in [-0.1, -0.05) is 40.5 Å². The van der Waals surface area contributed by atoms with Gasteiger partial charge >= 0.3 is 5.97 Å². The minimum Gasteiger partial charge on any atom is -0.466 e. The van der Waals surface area contributed by atoms with Crippen molar-refractivity contribution in [3.05, 3.63) is 0 Å². The van der Waals surface area contributed by atoms with Gasteiger partial charge in [0.15, 0.2) is 0 Å². The largest absolute Gasteiger partial charge is 0.466 e. The van der Waals surface area contributed by atoms with Crippen molar-refractivity contribution in [1.29, 1.82) is 0 Å². The summed E-state index contributed by atoms with van der Waals surface area (Å²) in [6.45, 7) is 7.66. The number of Topliss-reactive ketones (excluding diaryl/α,β-unsaturated/α-hetero) is 1. The average molecular weight is 342 g/mol. The first-order valence-electron chi connectivity index (χ1n) is 9.20. The van der Waals surface area contributed by atoms with E-state index in [4.69, 9.17) is 4.74 Å². The fourth-order valence-corrected chi connectivity index (χ4v) is 3.45. The number of carbonyl (C=O) groups is 2. The van der Waals surface area contributed by atoms with Crippen molar-refractivity contribution < 1.29 is 24.5 Å². The predicted molar refractivity (Wildman–Crippen MR) is 92.4 cm³/mol. The van der Waals surface area contributed by atoms with E-state index in [-0.39, 0.29) is 30.8 Å². The second kappa shape index (κ2) is 9.52. The molecule has 0 aromatic rings. The molecule has 1 heterocycles. The lowest BCUT2D eigenvalue weighted by Crippen LogP contribution is -2.42. The van der Waals surface area contributed by atoms with Gasteiger partial charge in [0.25, 0.3) is 0 Å². The standard InChI is InChI=1S/C19H34O5/c1-13-7-5-8-15(20)9-6-10-24-17(22)12-16(21)19(3,4)18(23)14(2)11-13/h13-16,20-21H,5-12H2,1-4H3/t13-,14+,15-,16-/m0/s1. The summed E-state index contributed by atoms with van der Waals surface area (Å²) in [6, 6.07) is 0. The molecule has 1 saturated heterocycles. The lowest BCUT2D eigenvalue weighted by Gasteiger charge is -2.32. The van der Waals surface area contributed by atoms with Crippen molar-refractivity contribution in [3.63, 3.8) is 0 Å². The molecule has 0 radical (unpaired) electrons. The fraction of sp³-hybridized carbons (Fsp3) is 0.895.